The lowest BCUT2D eigenvalue weighted by molar-refractivity contribution is 0.0678. The first-order valence-corrected chi connectivity index (χ1v) is 6.96. The van der Waals surface area contributed by atoms with Crippen LogP contribution in [0.4, 0.5) is 10.1 Å². The molecule has 1 fully saturated rings. The summed E-state index contributed by atoms with van der Waals surface area (Å²) in [5.41, 5.74) is 6.38. The van der Waals surface area contributed by atoms with Crippen molar-refractivity contribution < 1.29 is 9.18 Å². The number of carbonyl (C=O) groups is 1. The molecule has 0 saturated carbocycles. The van der Waals surface area contributed by atoms with Crippen molar-refractivity contribution in [2.45, 2.75) is 12.8 Å². The molecule has 110 valence electrons. The number of hydrogen-bond acceptors (Lipinski definition) is 3. The van der Waals surface area contributed by atoms with Crippen LogP contribution >= 0.6 is 0 Å². The predicted molar refractivity (Wildman–Crippen MR) is 78.0 cm³/mol. The summed E-state index contributed by atoms with van der Waals surface area (Å²) in [6.45, 7) is 2.48. The van der Waals surface area contributed by atoms with E-state index in [4.69, 9.17) is 5.73 Å². The predicted octanol–water partition coefficient (Wildman–Crippen LogP) is 1.82. The second kappa shape index (κ2) is 6.22. The van der Waals surface area contributed by atoms with Gasteiger partial charge in [-0.05, 0) is 51.1 Å². The van der Waals surface area contributed by atoms with Gasteiger partial charge in [0.2, 0.25) is 0 Å². The Morgan fingerprint density at radius 2 is 2.05 bits per heavy atom. The molecule has 5 heteroatoms. The first kappa shape index (κ1) is 14.8. The maximum atomic E-state index is 13.2. The lowest BCUT2D eigenvalue weighted by Gasteiger charge is -2.33. The van der Waals surface area contributed by atoms with Crippen LogP contribution in [0.25, 0.3) is 0 Å². The van der Waals surface area contributed by atoms with Gasteiger partial charge in [0.05, 0.1) is 5.56 Å². The van der Waals surface area contributed by atoms with Crippen LogP contribution in [0, 0.1) is 11.7 Å². The third-order valence-electron chi connectivity index (χ3n) is 3.77. The van der Waals surface area contributed by atoms with Gasteiger partial charge >= 0.3 is 0 Å². The Labute approximate surface area is 119 Å². The largest absolute Gasteiger partial charge is 0.398 e. The van der Waals surface area contributed by atoms with Crippen LogP contribution in [0.5, 0.6) is 0 Å². The van der Waals surface area contributed by atoms with Gasteiger partial charge in [0.1, 0.15) is 5.82 Å². The van der Waals surface area contributed by atoms with Crippen molar-refractivity contribution in [3.05, 3.63) is 29.6 Å². The van der Waals surface area contributed by atoms with Crippen molar-refractivity contribution in [3.63, 3.8) is 0 Å². The van der Waals surface area contributed by atoms with Crippen molar-refractivity contribution in [2.24, 2.45) is 5.92 Å². The van der Waals surface area contributed by atoms with Gasteiger partial charge in [0, 0.05) is 25.3 Å². The number of nitrogens with two attached hydrogens (primary N) is 1. The summed E-state index contributed by atoms with van der Waals surface area (Å²) >= 11 is 0. The molecule has 0 spiro atoms. The molecule has 1 saturated heterocycles. The van der Waals surface area contributed by atoms with Crippen molar-refractivity contribution in [1.82, 2.24) is 9.80 Å². The number of nitrogen functional groups attached to an aromatic ring is 1. The first-order valence-electron chi connectivity index (χ1n) is 6.96. The Balaban J connectivity index is 2.00. The van der Waals surface area contributed by atoms with Crippen LogP contribution in [-0.4, -0.2) is 49.4 Å². The summed E-state index contributed by atoms with van der Waals surface area (Å²) in [5, 5.41) is 0. The molecule has 0 aliphatic carbocycles. The third-order valence-corrected chi connectivity index (χ3v) is 3.77. The number of anilines is 1. The minimum absolute atomic E-state index is 0.162. The van der Waals surface area contributed by atoms with E-state index < -0.39 is 5.82 Å². The number of piperidine rings is 1. The van der Waals surface area contributed by atoms with Crippen molar-refractivity contribution in [3.8, 4) is 0 Å². The standard InChI is InChI=1S/C15H22FN3O/c1-18(2)10-11-5-7-19(8-6-11)15(20)13-9-12(16)3-4-14(13)17/h3-4,9,11H,5-8,10,17H2,1-2H3. The van der Waals surface area contributed by atoms with Gasteiger partial charge in [0.15, 0.2) is 0 Å². The van der Waals surface area contributed by atoms with Gasteiger partial charge in [0.25, 0.3) is 5.91 Å². The van der Waals surface area contributed by atoms with E-state index in [0.29, 0.717) is 24.7 Å². The van der Waals surface area contributed by atoms with Crippen LogP contribution in [0.2, 0.25) is 0 Å². The summed E-state index contributed by atoms with van der Waals surface area (Å²) in [6, 6.07) is 3.94. The molecule has 2 N–H and O–H groups in total. The van der Waals surface area contributed by atoms with Gasteiger partial charge < -0.3 is 15.5 Å². The smallest absolute Gasteiger partial charge is 0.256 e. The zero-order valence-corrected chi connectivity index (χ0v) is 12.1. The molecule has 1 amide bonds. The van der Waals surface area contributed by atoms with Gasteiger partial charge in [-0.1, -0.05) is 0 Å². The normalized spacial score (nSPS) is 16.7. The number of amides is 1. The van der Waals surface area contributed by atoms with Crippen LogP contribution in [0.1, 0.15) is 23.2 Å². The fraction of sp³-hybridized carbons (Fsp3) is 0.533. The molecule has 20 heavy (non-hydrogen) atoms. The lowest BCUT2D eigenvalue weighted by atomic mass is 9.96. The van der Waals surface area contributed by atoms with Crippen molar-refractivity contribution in [1.29, 1.82) is 0 Å². The number of halogens is 1. The second-order valence-corrected chi connectivity index (χ2v) is 5.73. The average Bonchev–Trinajstić information content (AvgIpc) is 2.41. The number of rotatable bonds is 3. The van der Waals surface area contributed by atoms with Crippen LogP contribution < -0.4 is 5.73 Å². The minimum Gasteiger partial charge on any atom is -0.398 e. The molecule has 1 aromatic rings. The Morgan fingerprint density at radius 3 is 2.65 bits per heavy atom. The molecule has 1 heterocycles. The quantitative estimate of drug-likeness (QED) is 0.859. The Bertz CT molecular complexity index is 482. The number of nitrogens with zero attached hydrogens (tertiary/aromatic N) is 2. The molecule has 0 atom stereocenters. The Kier molecular flexibility index (Phi) is 4.60. The van der Waals surface area contributed by atoms with Crippen molar-refractivity contribution in [2.75, 3.05) is 39.5 Å². The molecule has 4 nitrogen and oxygen atoms in total. The second-order valence-electron chi connectivity index (χ2n) is 5.73. The third kappa shape index (κ3) is 3.48. The van der Waals surface area contributed by atoms with Gasteiger partial charge in [-0.3, -0.25) is 4.79 Å². The molecule has 1 aliphatic heterocycles. The van der Waals surface area contributed by atoms with E-state index in [0.717, 1.165) is 19.4 Å². The molecule has 0 unspecified atom stereocenters. The maximum Gasteiger partial charge on any atom is 0.256 e. The highest BCUT2D eigenvalue weighted by Crippen LogP contribution is 2.22. The number of benzene rings is 1. The number of hydrogen-bond donors (Lipinski definition) is 1. The van der Waals surface area contributed by atoms with Crippen molar-refractivity contribution >= 4 is 11.6 Å². The van der Waals surface area contributed by atoms with E-state index in [1.807, 2.05) is 0 Å². The van der Waals surface area contributed by atoms with E-state index >= 15 is 0 Å². The molecule has 0 bridgehead atoms. The monoisotopic (exact) mass is 279 g/mol. The highest BCUT2D eigenvalue weighted by molar-refractivity contribution is 5.99. The molecule has 0 aromatic heterocycles. The van der Waals surface area contributed by atoms with Crippen LogP contribution in [0.3, 0.4) is 0 Å². The fourth-order valence-corrected chi connectivity index (χ4v) is 2.72. The number of carbonyl (C=O) groups excluding carboxylic acids is 1. The summed E-state index contributed by atoms with van der Waals surface area (Å²) < 4.78 is 13.2. The summed E-state index contributed by atoms with van der Waals surface area (Å²) in [6.07, 6.45) is 1.97. The summed E-state index contributed by atoms with van der Waals surface area (Å²) in [4.78, 5) is 16.3. The first-order chi connectivity index (χ1) is 9.47. The molecular weight excluding hydrogens is 257 g/mol. The van der Waals surface area contributed by atoms with Gasteiger partial charge in [-0.15, -0.1) is 0 Å². The SMILES string of the molecule is CN(C)CC1CCN(C(=O)c2cc(F)ccc2N)CC1. The number of likely N-dealkylation sites (tertiary alicyclic amines) is 1. The van der Waals surface area contributed by atoms with Crippen LogP contribution in [-0.2, 0) is 0 Å². The molecule has 1 aliphatic rings. The fourth-order valence-electron chi connectivity index (χ4n) is 2.72. The maximum absolute atomic E-state index is 13.2. The highest BCUT2D eigenvalue weighted by atomic mass is 19.1. The van der Waals surface area contributed by atoms with Gasteiger partial charge in [-0.2, -0.15) is 0 Å². The molecule has 1 aromatic carbocycles. The van der Waals surface area contributed by atoms with E-state index in [2.05, 4.69) is 19.0 Å². The minimum atomic E-state index is -0.426. The zero-order chi connectivity index (χ0) is 14.7. The van der Waals surface area contributed by atoms with E-state index in [-0.39, 0.29) is 11.5 Å². The Hall–Kier alpha value is -1.62. The van der Waals surface area contributed by atoms with E-state index in [9.17, 15) is 9.18 Å². The van der Waals surface area contributed by atoms with Crippen LogP contribution in [0.15, 0.2) is 18.2 Å². The van der Waals surface area contributed by atoms with E-state index in [1.165, 1.54) is 18.2 Å². The topological polar surface area (TPSA) is 49.6 Å². The van der Waals surface area contributed by atoms with Gasteiger partial charge in [-0.25, -0.2) is 4.39 Å². The molecule has 0 radical (unpaired) electrons. The summed E-state index contributed by atoms with van der Waals surface area (Å²) in [5.74, 6) is 0.0363. The average molecular weight is 279 g/mol. The zero-order valence-electron chi connectivity index (χ0n) is 12.1. The Morgan fingerprint density at radius 1 is 1.40 bits per heavy atom. The molecular formula is C15H22FN3O. The summed E-state index contributed by atoms with van der Waals surface area (Å²) in [7, 11) is 4.12. The highest BCUT2D eigenvalue weighted by Gasteiger charge is 2.25. The lowest BCUT2D eigenvalue weighted by Crippen LogP contribution is -2.40. The molecule has 2 rings (SSSR count). The van der Waals surface area contributed by atoms with E-state index in [1.54, 1.807) is 4.90 Å².